The van der Waals surface area contributed by atoms with Crippen molar-refractivity contribution in [3.05, 3.63) is 53.1 Å². The molecule has 1 atom stereocenters. The molecule has 1 aromatic rings. The van der Waals surface area contributed by atoms with Crippen LogP contribution < -0.4 is 5.32 Å². The predicted octanol–water partition coefficient (Wildman–Crippen LogP) is 3.62. The van der Waals surface area contributed by atoms with Gasteiger partial charge < -0.3 is 10.4 Å². The summed E-state index contributed by atoms with van der Waals surface area (Å²) in [6.07, 6.45) is 4.71. The zero-order chi connectivity index (χ0) is 15.8. The topological polar surface area (TPSA) is 49.3 Å². The molecule has 0 aliphatic rings. The highest BCUT2D eigenvalue weighted by Crippen LogP contribution is 2.21. The van der Waals surface area contributed by atoms with E-state index in [9.17, 15) is 9.90 Å². The molecular formula is C18H25NO2. The Morgan fingerprint density at radius 1 is 1.29 bits per heavy atom. The Morgan fingerprint density at radius 2 is 1.90 bits per heavy atom. The molecule has 3 nitrogen and oxygen atoms in total. The molecule has 0 aromatic heterocycles. The molecule has 114 valence electrons. The molecule has 0 saturated heterocycles. The van der Waals surface area contributed by atoms with Crippen molar-refractivity contribution >= 4 is 11.5 Å². The van der Waals surface area contributed by atoms with E-state index in [2.05, 4.69) is 18.3 Å². The molecule has 0 radical (unpaired) electrons. The lowest BCUT2D eigenvalue weighted by molar-refractivity contribution is -0.117. The summed E-state index contributed by atoms with van der Waals surface area (Å²) < 4.78 is 0. The van der Waals surface area contributed by atoms with Crippen molar-refractivity contribution in [1.29, 1.82) is 0 Å². The van der Waals surface area contributed by atoms with Crippen molar-refractivity contribution in [2.45, 2.75) is 39.7 Å². The third-order valence-electron chi connectivity index (χ3n) is 3.66. The third kappa shape index (κ3) is 5.20. The zero-order valence-corrected chi connectivity index (χ0v) is 13.3. The summed E-state index contributed by atoms with van der Waals surface area (Å²) in [5.74, 6) is -0.0735. The summed E-state index contributed by atoms with van der Waals surface area (Å²) in [6.45, 7) is 5.86. The summed E-state index contributed by atoms with van der Waals surface area (Å²) in [5.41, 5.74) is 3.99. The average molecular weight is 287 g/mol. The van der Waals surface area contributed by atoms with Gasteiger partial charge in [-0.15, -0.1) is 0 Å². The van der Waals surface area contributed by atoms with Crippen LogP contribution in [0, 0.1) is 0 Å². The fourth-order valence-corrected chi connectivity index (χ4v) is 2.05. The van der Waals surface area contributed by atoms with Gasteiger partial charge in [0.1, 0.15) is 0 Å². The normalized spacial score (nSPS) is 14.0. The molecule has 0 fully saturated rings. The second-order valence-electron chi connectivity index (χ2n) is 5.15. The molecule has 3 heteroatoms. The number of aliphatic hydroxyl groups excluding tert-OH is 1. The number of aliphatic hydroxyl groups is 1. The van der Waals surface area contributed by atoms with Crippen LogP contribution in [-0.4, -0.2) is 18.1 Å². The lowest BCUT2D eigenvalue weighted by Gasteiger charge is -2.11. The number of allylic oxidation sites excluding steroid dienone is 3. The Bertz CT molecular complexity index is 527. The molecule has 1 rings (SSSR count). The van der Waals surface area contributed by atoms with Gasteiger partial charge >= 0.3 is 0 Å². The molecular weight excluding hydrogens is 262 g/mol. The van der Waals surface area contributed by atoms with E-state index in [4.69, 9.17) is 0 Å². The van der Waals surface area contributed by atoms with Gasteiger partial charge in [0.25, 0.3) is 0 Å². The van der Waals surface area contributed by atoms with Crippen LogP contribution in [0.3, 0.4) is 0 Å². The van der Waals surface area contributed by atoms with E-state index in [-0.39, 0.29) is 5.91 Å². The Morgan fingerprint density at radius 3 is 2.43 bits per heavy atom. The molecule has 0 aliphatic heterocycles. The largest absolute Gasteiger partial charge is 0.388 e. The first-order valence-electron chi connectivity index (χ1n) is 7.29. The van der Waals surface area contributed by atoms with Crippen LogP contribution >= 0.6 is 0 Å². The number of hydrogen-bond acceptors (Lipinski definition) is 2. The molecule has 0 spiro atoms. The molecule has 1 unspecified atom stereocenters. The van der Waals surface area contributed by atoms with Gasteiger partial charge in [0.2, 0.25) is 5.91 Å². The van der Waals surface area contributed by atoms with Gasteiger partial charge in [0.15, 0.2) is 0 Å². The summed E-state index contributed by atoms with van der Waals surface area (Å²) in [7, 11) is 1.61. The number of nitrogens with one attached hydrogen (secondary N) is 1. The standard InChI is InChI=1S/C18H25NO2/c1-5-13(2)15-9-11-16(12-10-15)17(20)8-6-7-14(3)18(21)19-4/h5,7,9-12,17,20H,6,8H2,1-4H3,(H,19,21)/b13-5+,14-7+. The van der Waals surface area contributed by atoms with Gasteiger partial charge in [-0.1, -0.05) is 36.4 Å². The van der Waals surface area contributed by atoms with Gasteiger partial charge in [0.05, 0.1) is 6.10 Å². The maximum Gasteiger partial charge on any atom is 0.246 e. The van der Waals surface area contributed by atoms with Crippen LogP contribution in [0.5, 0.6) is 0 Å². The minimum atomic E-state index is -0.501. The smallest absolute Gasteiger partial charge is 0.246 e. The molecule has 0 saturated carbocycles. The van der Waals surface area contributed by atoms with Gasteiger partial charge in [-0.05, 0) is 50.3 Å². The van der Waals surface area contributed by atoms with E-state index < -0.39 is 6.10 Å². The average Bonchev–Trinajstić information content (AvgIpc) is 2.53. The van der Waals surface area contributed by atoms with Crippen LogP contribution in [0.2, 0.25) is 0 Å². The molecule has 0 aliphatic carbocycles. The Balaban J connectivity index is 2.60. The van der Waals surface area contributed by atoms with E-state index in [1.165, 1.54) is 11.1 Å². The lowest BCUT2D eigenvalue weighted by atomic mass is 10.00. The van der Waals surface area contributed by atoms with Crippen molar-refractivity contribution < 1.29 is 9.90 Å². The van der Waals surface area contributed by atoms with Gasteiger partial charge in [0, 0.05) is 12.6 Å². The Hall–Kier alpha value is -1.87. The number of likely N-dealkylation sites (N-methyl/N-ethyl adjacent to an activating group) is 1. The second-order valence-corrected chi connectivity index (χ2v) is 5.15. The molecule has 1 aromatic carbocycles. The molecule has 0 bridgehead atoms. The minimum absolute atomic E-state index is 0.0735. The van der Waals surface area contributed by atoms with E-state index in [1.807, 2.05) is 37.3 Å². The number of hydrogen-bond donors (Lipinski definition) is 2. The fraction of sp³-hybridized carbons (Fsp3) is 0.389. The van der Waals surface area contributed by atoms with Gasteiger partial charge in [-0.3, -0.25) is 4.79 Å². The second kappa shape index (κ2) is 8.42. The number of carbonyl (C=O) groups excluding carboxylic acids is 1. The Kier molecular flexibility index (Phi) is 6.89. The monoisotopic (exact) mass is 287 g/mol. The molecule has 21 heavy (non-hydrogen) atoms. The van der Waals surface area contributed by atoms with Crippen molar-refractivity contribution in [1.82, 2.24) is 5.32 Å². The zero-order valence-electron chi connectivity index (χ0n) is 13.3. The van der Waals surface area contributed by atoms with Crippen LogP contribution in [0.25, 0.3) is 5.57 Å². The van der Waals surface area contributed by atoms with Crippen LogP contribution in [0.15, 0.2) is 42.0 Å². The van der Waals surface area contributed by atoms with Crippen molar-refractivity contribution in [2.75, 3.05) is 7.05 Å². The van der Waals surface area contributed by atoms with Crippen molar-refractivity contribution in [2.24, 2.45) is 0 Å². The summed E-state index contributed by atoms with van der Waals surface area (Å²) in [5, 5.41) is 12.8. The van der Waals surface area contributed by atoms with E-state index in [1.54, 1.807) is 14.0 Å². The van der Waals surface area contributed by atoms with Gasteiger partial charge in [-0.25, -0.2) is 0 Å². The maximum atomic E-state index is 11.3. The van der Waals surface area contributed by atoms with Crippen LogP contribution in [0.4, 0.5) is 0 Å². The third-order valence-corrected chi connectivity index (χ3v) is 3.66. The fourth-order valence-electron chi connectivity index (χ4n) is 2.05. The highest BCUT2D eigenvalue weighted by molar-refractivity contribution is 5.92. The first-order chi connectivity index (χ1) is 9.99. The van der Waals surface area contributed by atoms with Crippen LogP contribution in [-0.2, 0) is 4.79 Å². The predicted molar refractivity (Wildman–Crippen MR) is 87.8 cm³/mol. The number of rotatable bonds is 6. The number of amides is 1. The molecule has 1 amide bonds. The molecule has 2 N–H and O–H groups in total. The van der Waals surface area contributed by atoms with Crippen molar-refractivity contribution in [3.63, 3.8) is 0 Å². The highest BCUT2D eigenvalue weighted by Gasteiger charge is 2.07. The maximum absolute atomic E-state index is 11.3. The number of benzene rings is 1. The van der Waals surface area contributed by atoms with E-state index in [0.717, 1.165) is 5.56 Å². The first-order valence-corrected chi connectivity index (χ1v) is 7.29. The van der Waals surface area contributed by atoms with Crippen LogP contribution in [0.1, 0.15) is 50.8 Å². The quantitative estimate of drug-likeness (QED) is 0.785. The number of carbonyl (C=O) groups is 1. The summed E-state index contributed by atoms with van der Waals surface area (Å²) in [6, 6.07) is 7.98. The SMILES string of the molecule is C/C=C(\C)c1ccc(C(O)CC/C=C(\C)C(=O)NC)cc1. The summed E-state index contributed by atoms with van der Waals surface area (Å²) in [4.78, 5) is 11.3. The van der Waals surface area contributed by atoms with E-state index >= 15 is 0 Å². The summed E-state index contributed by atoms with van der Waals surface area (Å²) >= 11 is 0. The van der Waals surface area contributed by atoms with E-state index in [0.29, 0.717) is 18.4 Å². The minimum Gasteiger partial charge on any atom is -0.388 e. The molecule has 0 heterocycles. The first kappa shape index (κ1) is 17.2. The van der Waals surface area contributed by atoms with Gasteiger partial charge in [-0.2, -0.15) is 0 Å². The lowest BCUT2D eigenvalue weighted by Crippen LogP contribution is -2.18. The highest BCUT2D eigenvalue weighted by atomic mass is 16.3. The Labute approximate surface area is 127 Å². The van der Waals surface area contributed by atoms with Crippen molar-refractivity contribution in [3.8, 4) is 0 Å².